The molecule has 2 aliphatic heterocycles. The van der Waals surface area contributed by atoms with Crippen molar-refractivity contribution < 1.29 is 5.11 Å². The summed E-state index contributed by atoms with van der Waals surface area (Å²) in [5.74, 6) is 1.82. The number of hydrogen-bond donors (Lipinski definition) is 1. The van der Waals surface area contributed by atoms with Crippen molar-refractivity contribution in [3.63, 3.8) is 0 Å². The largest absolute Gasteiger partial charge is 0.507 e. The van der Waals surface area contributed by atoms with Gasteiger partial charge in [-0.3, -0.25) is 4.90 Å². The molecule has 1 atom stereocenters. The Bertz CT molecular complexity index is 1030. The molecule has 0 spiro atoms. The van der Waals surface area contributed by atoms with E-state index in [2.05, 4.69) is 34.9 Å². The zero-order valence-electron chi connectivity index (χ0n) is 17.0. The van der Waals surface area contributed by atoms with Gasteiger partial charge in [0.2, 0.25) is 0 Å². The molecule has 3 aromatic rings. The number of aromatic hydroxyl groups is 1. The second-order valence-corrected chi connectivity index (χ2v) is 8.39. The monoisotopic (exact) mass is 388 g/mol. The fraction of sp³-hybridized carbons (Fsp3) is 0.417. The smallest absolute Gasteiger partial charge is 0.165 e. The lowest BCUT2D eigenvalue weighted by atomic mass is 10.1. The summed E-state index contributed by atoms with van der Waals surface area (Å²) in [7, 11) is 0. The van der Waals surface area contributed by atoms with Crippen molar-refractivity contribution in [3.05, 3.63) is 48.0 Å². The molecule has 0 radical (unpaired) electrons. The molecule has 2 aromatic carbocycles. The van der Waals surface area contributed by atoms with Crippen molar-refractivity contribution >= 4 is 16.7 Å². The van der Waals surface area contributed by atoms with Gasteiger partial charge in [0, 0.05) is 31.1 Å². The molecule has 29 heavy (non-hydrogen) atoms. The Hall–Kier alpha value is -2.66. The molecule has 2 aliphatic rings. The summed E-state index contributed by atoms with van der Waals surface area (Å²) in [6.45, 7) is 6.40. The predicted octanol–water partition coefficient (Wildman–Crippen LogP) is 4.38. The Morgan fingerprint density at radius 3 is 2.76 bits per heavy atom. The predicted molar refractivity (Wildman–Crippen MR) is 117 cm³/mol. The van der Waals surface area contributed by atoms with Crippen molar-refractivity contribution in [1.82, 2.24) is 14.9 Å². The SMILES string of the molecule is Cc1ccc2c(N3CCN4CCCCCC4C3)nc(-c3ccccc3O)nc2c1. The molecule has 2 saturated heterocycles. The first kappa shape index (κ1) is 18.4. The average molecular weight is 389 g/mol. The lowest BCUT2D eigenvalue weighted by molar-refractivity contribution is 0.180. The van der Waals surface area contributed by atoms with E-state index in [9.17, 15) is 5.11 Å². The molecule has 0 amide bonds. The zero-order chi connectivity index (χ0) is 19.8. The molecule has 2 fully saturated rings. The maximum absolute atomic E-state index is 10.4. The number of phenolic OH excluding ortho intramolecular Hbond substituents is 1. The fourth-order valence-corrected chi connectivity index (χ4v) is 4.77. The minimum atomic E-state index is 0.221. The number of para-hydroxylation sites is 1. The van der Waals surface area contributed by atoms with E-state index in [1.54, 1.807) is 6.07 Å². The highest BCUT2D eigenvalue weighted by Crippen LogP contribution is 2.33. The van der Waals surface area contributed by atoms with E-state index < -0.39 is 0 Å². The van der Waals surface area contributed by atoms with Crippen LogP contribution in [0.2, 0.25) is 0 Å². The Morgan fingerprint density at radius 1 is 0.966 bits per heavy atom. The molecule has 1 aromatic heterocycles. The number of aryl methyl sites for hydroxylation is 1. The van der Waals surface area contributed by atoms with Gasteiger partial charge in [0.05, 0.1) is 11.1 Å². The van der Waals surface area contributed by atoms with Gasteiger partial charge in [0.15, 0.2) is 5.82 Å². The number of aromatic nitrogens is 2. The molecule has 1 N–H and O–H groups in total. The van der Waals surface area contributed by atoms with Gasteiger partial charge in [-0.1, -0.05) is 31.0 Å². The Labute approximate surface area is 172 Å². The number of anilines is 1. The number of benzene rings is 2. The second-order valence-electron chi connectivity index (χ2n) is 8.39. The van der Waals surface area contributed by atoms with Crippen LogP contribution in [0.15, 0.2) is 42.5 Å². The van der Waals surface area contributed by atoms with E-state index in [1.165, 1.54) is 37.8 Å². The number of rotatable bonds is 2. The summed E-state index contributed by atoms with van der Waals surface area (Å²) >= 11 is 0. The quantitative estimate of drug-likeness (QED) is 0.706. The first-order valence-electron chi connectivity index (χ1n) is 10.7. The molecule has 0 aliphatic carbocycles. The third kappa shape index (κ3) is 3.55. The minimum absolute atomic E-state index is 0.221. The third-order valence-corrected chi connectivity index (χ3v) is 6.36. The third-order valence-electron chi connectivity index (χ3n) is 6.36. The maximum atomic E-state index is 10.4. The van der Waals surface area contributed by atoms with Crippen molar-refractivity contribution in [2.24, 2.45) is 0 Å². The van der Waals surface area contributed by atoms with Crippen LogP contribution in [0.5, 0.6) is 5.75 Å². The topological polar surface area (TPSA) is 52.5 Å². The molecule has 5 rings (SSSR count). The fourth-order valence-electron chi connectivity index (χ4n) is 4.77. The normalized spacial score (nSPS) is 20.4. The van der Waals surface area contributed by atoms with Gasteiger partial charge in [-0.25, -0.2) is 9.97 Å². The summed E-state index contributed by atoms with van der Waals surface area (Å²) < 4.78 is 0. The van der Waals surface area contributed by atoms with Crippen molar-refractivity contribution in [1.29, 1.82) is 0 Å². The van der Waals surface area contributed by atoms with E-state index in [0.29, 0.717) is 17.4 Å². The summed E-state index contributed by atoms with van der Waals surface area (Å²) in [5, 5.41) is 11.5. The van der Waals surface area contributed by atoms with E-state index in [1.807, 2.05) is 18.2 Å². The molecular weight excluding hydrogens is 360 g/mol. The molecule has 3 heterocycles. The highest BCUT2D eigenvalue weighted by atomic mass is 16.3. The minimum Gasteiger partial charge on any atom is -0.507 e. The summed E-state index contributed by atoms with van der Waals surface area (Å²) in [4.78, 5) is 14.9. The maximum Gasteiger partial charge on any atom is 0.165 e. The molecule has 5 nitrogen and oxygen atoms in total. The number of piperazine rings is 1. The zero-order valence-corrected chi connectivity index (χ0v) is 17.0. The Balaban J connectivity index is 1.60. The van der Waals surface area contributed by atoms with Gasteiger partial charge in [0.25, 0.3) is 0 Å². The molecule has 0 saturated carbocycles. The molecule has 0 bridgehead atoms. The van der Waals surface area contributed by atoms with E-state index in [-0.39, 0.29) is 5.75 Å². The van der Waals surface area contributed by atoms with E-state index in [4.69, 9.17) is 9.97 Å². The van der Waals surface area contributed by atoms with Gasteiger partial charge < -0.3 is 10.0 Å². The Morgan fingerprint density at radius 2 is 1.86 bits per heavy atom. The highest BCUT2D eigenvalue weighted by Gasteiger charge is 2.29. The van der Waals surface area contributed by atoms with Crippen LogP contribution in [-0.2, 0) is 0 Å². The van der Waals surface area contributed by atoms with Crippen LogP contribution in [0.25, 0.3) is 22.3 Å². The molecule has 5 heteroatoms. The summed E-state index contributed by atoms with van der Waals surface area (Å²) in [6.07, 6.45) is 5.26. The van der Waals surface area contributed by atoms with Gasteiger partial charge in [0.1, 0.15) is 11.6 Å². The lowest BCUT2D eigenvalue weighted by Gasteiger charge is -2.41. The van der Waals surface area contributed by atoms with Crippen molar-refractivity contribution in [2.75, 3.05) is 31.1 Å². The average Bonchev–Trinajstić information content (AvgIpc) is 2.98. The van der Waals surface area contributed by atoms with Crippen LogP contribution in [0.1, 0.15) is 31.2 Å². The summed E-state index contributed by atoms with van der Waals surface area (Å²) in [6, 6.07) is 14.3. The molecule has 150 valence electrons. The van der Waals surface area contributed by atoms with Crippen LogP contribution in [0, 0.1) is 6.92 Å². The van der Waals surface area contributed by atoms with Crippen molar-refractivity contribution in [2.45, 2.75) is 38.6 Å². The van der Waals surface area contributed by atoms with Gasteiger partial charge in [-0.05, 0) is 56.1 Å². The van der Waals surface area contributed by atoms with Gasteiger partial charge in [-0.2, -0.15) is 0 Å². The number of nitrogens with zero attached hydrogens (tertiary/aromatic N) is 4. The Kier molecular flexibility index (Phi) is 4.84. The molecular formula is C24H28N4O. The number of fused-ring (bicyclic) bond motifs is 2. The number of phenols is 1. The standard InChI is InChI=1S/C24H28N4O/c1-17-10-11-19-21(15-17)25-23(20-8-4-5-9-22(20)29)26-24(19)28-14-13-27-12-6-2-3-7-18(27)16-28/h4-5,8-11,15,18,29H,2-3,6-7,12-14,16H2,1H3. The number of hydrogen-bond acceptors (Lipinski definition) is 5. The summed E-state index contributed by atoms with van der Waals surface area (Å²) in [5.41, 5.74) is 2.81. The van der Waals surface area contributed by atoms with E-state index >= 15 is 0 Å². The van der Waals surface area contributed by atoms with Crippen LogP contribution >= 0.6 is 0 Å². The highest BCUT2D eigenvalue weighted by molar-refractivity contribution is 5.92. The van der Waals surface area contributed by atoms with Crippen LogP contribution < -0.4 is 4.90 Å². The van der Waals surface area contributed by atoms with Gasteiger partial charge >= 0.3 is 0 Å². The van der Waals surface area contributed by atoms with Crippen LogP contribution in [0.3, 0.4) is 0 Å². The van der Waals surface area contributed by atoms with Crippen LogP contribution in [-0.4, -0.2) is 52.2 Å². The first-order chi connectivity index (χ1) is 14.2. The molecule has 1 unspecified atom stereocenters. The first-order valence-corrected chi connectivity index (χ1v) is 10.7. The van der Waals surface area contributed by atoms with Gasteiger partial charge in [-0.15, -0.1) is 0 Å². The van der Waals surface area contributed by atoms with Crippen molar-refractivity contribution in [3.8, 4) is 17.1 Å². The second kappa shape index (κ2) is 7.64. The lowest BCUT2D eigenvalue weighted by Crippen LogP contribution is -2.53. The van der Waals surface area contributed by atoms with E-state index in [0.717, 1.165) is 36.4 Å². The van der Waals surface area contributed by atoms with Crippen LogP contribution in [0.4, 0.5) is 5.82 Å².